The lowest BCUT2D eigenvalue weighted by atomic mass is 10.1. The molecule has 0 spiro atoms. The molecule has 0 aromatic heterocycles. The number of amides is 2. The molecule has 0 fully saturated rings. The Morgan fingerprint density at radius 3 is 2.36 bits per heavy atom. The van der Waals surface area contributed by atoms with E-state index in [2.05, 4.69) is 24.5 Å². The Balaban J connectivity index is 1.99. The smallest absolute Gasteiger partial charge is 0.255 e. The largest absolute Gasteiger partial charge is 0.494 e. The fourth-order valence-corrected chi connectivity index (χ4v) is 2.19. The van der Waals surface area contributed by atoms with Gasteiger partial charge < -0.3 is 15.4 Å². The number of hydrogen-bond donors (Lipinski definition) is 2. The summed E-state index contributed by atoms with van der Waals surface area (Å²) in [4.78, 5) is 23.9. The van der Waals surface area contributed by atoms with E-state index < -0.39 is 0 Å². The molecule has 2 aromatic rings. The van der Waals surface area contributed by atoms with Gasteiger partial charge >= 0.3 is 0 Å². The van der Waals surface area contributed by atoms with E-state index in [9.17, 15) is 9.59 Å². The minimum absolute atomic E-state index is 0.163. The third kappa shape index (κ3) is 5.64. The number of nitrogens with one attached hydrogen (secondary N) is 2. The van der Waals surface area contributed by atoms with Crippen LogP contribution in [0.5, 0.6) is 5.75 Å². The summed E-state index contributed by atoms with van der Waals surface area (Å²) < 4.78 is 5.69. The first-order chi connectivity index (χ1) is 12.0. The van der Waals surface area contributed by atoms with Crippen LogP contribution < -0.4 is 15.4 Å². The van der Waals surface area contributed by atoms with Gasteiger partial charge in [0, 0.05) is 23.9 Å². The maximum absolute atomic E-state index is 12.4. The fraction of sp³-hybridized carbons (Fsp3) is 0.300. The normalized spacial score (nSPS) is 10.4. The molecule has 0 aliphatic carbocycles. The first-order valence-electron chi connectivity index (χ1n) is 8.36. The first kappa shape index (κ1) is 18.5. The second kappa shape index (κ2) is 8.87. The highest BCUT2D eigenvalue weighted by Crippen LogP contribution is 2.17. The summed E-state index contributed by atoms with van der Waals surface area (Å²) in [5.41, 5.74) is 1.70. The SMILES string of the molecule is CNC(=O)c1ccc(NC(=O)c2cccc(OCCC(C)C)c2)cc1. The summed E-state index contributed by atoms with van der Waals surface area (Å²) in [6, 6.07) is 13.8. The number of benzene rings is 2. The van der Waals surface area contributed by atoms with Crippen LogP contribution in [0.2, 0.25) is 0 Å². The zero-order chi connectivity index (χ0) is 18.2. The van der Waals surface area contributed by atoms with Gasteiger partial charge in [-0.2, -0.15) is 0 Å². The van der Waals surface area contributed by atoms with Crippen molar-refractivity contribution in [2.75, 3.05) is 19.0 Å². The summed E-state index contributed by atoms with van der Waals surface area (Å²) in [5, 5.41) is 5.37. The highest BCUT2D eigenvalue weighted by Gasteiger charge is 2.09. The Kier molecular flexibility index (Phi) is 6.57. The van der Waals surface area contributed by atoms with Crippen LogP contribution in [-0.4, -0.2) is 25.5 Å². The summed E-state index contributed by atoms with van der Waals surface area (Å²) >= 11 is 0. The Morgan fingerprint density at radius 2 is 1.72 bits per heavy atom. The van der Waals surface area contributed by atoms with Crippen molar-refractivity contribution in [1.82, 2.24) is 5.32 Å². The fourth-order valence-electron chi connectivity index (χ4n) is 2.19. The monoisotopic (exact) mass is 340 g/mol. The molecule has 0 saturated carbocycles. The van der Waals surface area contributed by atoms with Crippen LogP contribution in [0, 0.1) is 5.92 Å². The first-order valence-corrected chi connectivity index (χ1v) is 8.36. The number of rotatable bonds is 7. The molecule has 0 unspecified atom stereocenters. The van der Waals surface area contributed by atoms with E-state index in [1.54, 1.807) is 49.5 Å². The molecule has 0 aliphatic rings. The Labute approximate surface area is 148 Å². The molecule has 0 radical (unpaired) electrons. The van der Waals surface area contributed by atoms with Gasteiger partial charge in [-0.05, 0) is 54.8 Å². The molecule has 0 saturated heterocycles. The quantitative estimate of drug-likeness (QED) is 0.807. The molecular weight excluding hydrogens is 316 g/mol. The lowest BCUT2D eigenvalue weighted by Crippen LogP contribution is -2.17. The molecule has 0 heterocycles. The van der Waals surface area contributed by atoms with Crippen molar-refractivity contribution in [2.24, 2.45) is 5.92 Å². The van der Waals surface area contributed by atoms with Gasteiger partial charge in [-0.15, -0.1) is 0 Å². The van der Waals surface area contributed by atoms with Crippen LogP contribution in [0.1, 0.15) is 41.0 Å². The van der Waals surface area contributed by atoms with Crippen molar-refractivity contribution >= 4 is 17.5 Å². The van der Waals surface area contributed by atoms with Gasteiger partial charge in [0.1, 0.15) is 5.75 Å². The van der Waals surface area contributed by atoms with Crippen molar-refractivity contribution in [3.8, 4) is 5.75 Å². The van der Waals surface area contributed by atoms with E-state index in [1.807, 2.05) is 6.07 Å². The Morgan fingerprint density at radius 1 is 1.00 bits per heavy atom. The summed E-state index contributed by atoms with van der Waals surface area (Å²) in [6.07, 6.45) is 0.966. The molecule has 25 heavy (non-hydrogen) atoms. The number of hydrogen-bond acceptors (Lipinski definition) is 3. The number of carbonyl (C=O) groups excluding carboxylic acids is 2. The van der Waals surface area contributed by atoms with E-state index in [0.29, 0.717) is 35.1 Å². The topological polar surface area (TPSA) is 67.4 Å². The van der Waals surface area contributed by atoms with Gasteiger partial charge in [0.2, 0.25) is 0 Å². The third-order valence-electron chi connectivity index (χ3n) is 3.69. The zero-order valence-corrected chi connectivity index (χ0v) is 14.8. The predicted molar refractivity (Wildman–Crippen MR) is 99.2 cm³/mol. The molecule has 0 bridgehead atoms. The second-order valence-electron chi connectivity index (χ2n) is 6.17. The van der Waals surface area contributed by atoms with Crippen LogP contribution in [-0.2, 0) is 0 Å². The van der Waals surface area contributed by atoms with E-state index in [0.717, 1.165) is 6.42 Å². The Hall–Kier alpha value is -2.82. The van der Waals surface area contributed by atoms with Gasteiger partial charge in [0.05, 0.1) is 6.61 Å². The van der Waals surface area contributed by atoms with Crippen LogP contribution >= 0.6 is 0 Å². The molecule has 5 heteroatoms. The van der Waals surface area contributed by atoms with Crippen molar-refractivity contribution in [3.05, 3.63) is 59.7 Å². The van der Waals surface area contributed by atoms with Gasteiger partial charge in [-0.1, -0.05) is 19.9 Å². The van der Waals surface area contributed by atoms with E-state index in [-0.39, 0.29) is 11.8 Å². The zero-order valence-electron chi connectivity index (χ0n) is 14.8. The Bertz CT molecular complexity index is 724. The van der Waals surface area contributed by atoms with Crippen molar-refractivity contribution in [1.29, 1.82) is 0 Å². The maximum Gasteiger partial charge on any atom is 0.255 e. The standard InChI is InChI=1S/C20H24N2O3/c1-14(2)11-12-25-18-6-4-5-16(13-18)20(24)22-17-9-7-15(8-10-17)19(23)21-3/h4-10,13-14H,11-12H2,1-3H3,(H,21,23)(H,22,24). The van der Waals surface area contributed by atoms with Gasteiger partial charge in [0.15, 0.2) is 0 Å². The molecule has 5 nitrogen and oxygen atoms in total. The molecule has 0 aliphatic heterocycles. The van der Waals surface area contributed by atoms with Crippen LogP contribution in [0.15, 0.2) is 48.5 Å². The number of carbonyl (C=O) groups is 2. The number of anilines is 1. The summed E-state index contributed by atoms with van der Waals surface area (Å²) in [5.74, 6) is 0.874. The van der Waals surface area contributed by atoms with E-state index >= 15 is 0 Å². The molecule has 2 rings (SSSR count). The lowest BCUT2D eigenvalue weighted by molar-refractivity contribution is 0.0962. The van der Waals surface area contributed by atoms with Gasteiger partial charge in [-0.25, -0.2) is 0 Å². The molecular formula is C20H24N2O3. The van der Waals surface area contributed by atoms with Crippen molar-refractivity contribution in [3.63, 3.8) is 0 Å². The van der Waals surface area contributed by atoms with Gasteiger partial charge in [0.25, 0.3) is 11.8 Å². The molecule has 2 N–H and O–H groups in total. The van der Waals surface area contributed by atoms with Crippen molar-refractivity contribution < 1.29 is 14.3 Å². The highest BCUT2D eigenvalue weighted by atomic mass is 16.5. The lowest BCUT2D eigenvalue weighted by Gasteiger charge is -2.10. The number of ether oxygens (including phenoxy) is 1. The summed E-state index contributed by atoms with van der Waals surface area (Å²) in [6.45, 7) is 4.91. The predicted octanol–water partition coefficient (Wildman–Crippen LogP) is 3.72. The van der Waals surface area contributed by atoms with Crippen LogP contribution in [0.25, 0.3) is 0 Å². The average molecular weight is 340 g/mol. The average Bonchev–Trinajstić information content (AvgIpc) is 2.61. The van der Waals surface area contributed by atoms with E-state index in [4.69, 9.17) is 4.74 Å². The van der Waals surface area contributed by atoms with Gasteiger partial charge in [-0.3, -0.25) is 9.59 Å². The van der Waals surface area contributed by atoms with E-state index in [1.165, 1.54) is 0 Å². The highest BCUT2D eigenvalue weighted by molar-refractivity contribution is 6.04. The molecule has 132 valence electrons. The van der Waals surface area contributed by atoms with Crippen LogP contribution in [0.4, 0.5) is 5.69 Å². The molecule has 2 amide bonds. The molecule has 0 atom stereocenters. The second-order valence-corrected chi connectivity index (χ2v) is 6.17. The van der Waals surface area contributed by atoms with Crippen molar-refractivity contribution in [2.45, 2.75) is 20.3 Å². The minimum Gasteiger partial charge on any atom is -0.494 e. The molecule has 2 aromatic carbocycles. The minimum atomic E-state index is -0.220. The maximum atomic E-state index is 12.4. The summed E-state index contributed by atoms with van der Waals surface area (Å²) in [7, 11) is 1.58. The third-order valence-corrected chi connectivity index (χ3v) is 3.69. The van der Waals surface area contributed by atoms with Crippen LogP contribution in [0.3, 0.4) is 0 Å².